The van der Waals surface area contributed by atoms with E-state index < -0.39 is 24.2 Å². The zero-order valence-corrected chi connectivity index (χ0v) is 15.9. The fraction of sp³-hybridized carbons (Fsp3) is 0.333. The van der Waals surface area contributed by atoms with Crippen LogP contribution in [0.4, 0.5) is 4.79 Å². The minimum Gasteiger partial charge on any atom is -0.466 e. The predicted molar refractivity (Wildman–Crippen MR) is 101 cm³/mol. The molecule has 0 radical (unpaired) electrons. The van der Waals surface area contributed by atoms with Crippen molar-refractivity contribution in [2.24, 2.45) is 0 Å². The summed E-state index contributed by atoms with van der Waals surface area (Å²) in [6, 6.07) is 8.87. The van der Waals surface area contributed by atoms with Gasteiger partial charge in [0.25, 0.3) is 0 Å². The first kappa shape index (κ1) is 21.1. The lowest BCUT2D eigenvalue weighted by Crippen LogP contribution is -2.37. The van der Waals surface area contributed by atoms with Gasteiger partial charge in [0.1, 0.15) is 12.4 Å². The molecule has 1 aromatic rings. The highest BCUT2D eigenvalue weighted by molar-refractivity contribution is 5.93. The number of hydrogen-bond acceptors (Lipinski definition) is 6. The van der Waals surface area contributed by atoms with Crippen molar-refractivity contribution < 1.29 is 28.7 Å². The molecule has 1 heterocycles. The predicted octanol–water partition coefficient (Wildman–Crippen LogP) is 3.12. The third kappa shape index (κ3) is 5.39. The van der Waals surface area contributed by atoms with Gasteiger partial charge >= 0.3 is 12.1 Å². The van der Waals surface area contributed by atoms with E-state index in [0.29, 0.717) is 24.7 Å². The lowest BCUT2D eigenvalue weighted by Gasteiger charge is -2.19. The van der Waals surface area contributed by atoms with Crippen LogP contribution in [0.5, 0.6) is 0 Å². The molecule has 2 atom stereocenters. The topological polar surface area (TPSA) is 90.0 Å². The number of esters is 1. The van der Waals surface area contributed by atoms with E-state index in [-0.39, 0.29) is 12.3 Å². The summed E-state index contributed by atoms with van der Waals surface area (Å²) in [6.07, 6.45) is 4.40. The number of benzene rings is 1. The van der Waals surface area contributed by atoms with Gasteiger partial charge in [0, 0.05) is 12.5 Å². The average molecular weight is 385 g/mol. The van der Waals surface area contributed by atoms with Crippen molar-refractivity contribution >= 4 is 24.3 Å². The van der Waals surface area contributed by atoms with Crippen molar-refractivity contribution in [2.45, 2.75) is 38.3 Å². The lowest BCUT2D eigenvalue weighted by molar-refractivity contribution is -0.135. The van der Waals surface area contributed by atoms with Gasteiger partial charge < -0.3 is 9.47 Å². The van der Waals surface area contributed by atoms with Crippen LogP contribution in [0, 0.1) is 0 Å². The Bertz CT molecular complexity index is 783. The summed E-state index contributed by atoms with van der Waals surface area (Å²) in [6.45, 7) is 1.78. The van der Waals surface area contributed by atoms with E-state index in [1.165, 1.54) is 25.3 Å². The highest BCUT2D eigenvalue weighted by Crippen LogP contribution is 2.32. The summed E-state index contributed by atoms with van der Waals surface area (Å²) in [5.41, 5.74) is 1.43. The van der Waals surface area contributed by atoms with Crippen LogP contribution in [0.1, 0.15) is 37.9 Å². The number of rotatable bonds is 8. The molecular formula is C21H23NO6. The Morgan fingerprint density at radius 2 is 1.89 bits per heavy atom. The maximum atomic E-state index is 12.5. The van der Waals surface area contributed by atoms with Gasteiger partial charge in [-0.05, 0) is 37.0 Å². The fourth-order valence-corrected chi connectivity index (χ4v) is 3.00. The molecule has 0 N–H and O–H groups in total. The molecule has 0 saturated carbocycles. The number of hydrogen-bond donors (Lipinski definition) is 0. The Morgan fingerprint density at radius 1 is 1.18 bits per heavy atom. The molecule has 7 nitrogen and oxygen atoms in total. The third-order valence-electron chi connectivity index (χ3n) is 4.44. The molecule has 0 aromatic heterocycles. The second kappa shape index (κ2) is 10.2. The van der Waals surface area contributed by atoms with Crippen LogP contribution in [0.15, 0.2) is 54.1 Å². The van der Waals surface area contributed by atoms with E-state index in [0.717, 1.165) is 10.5 Å². The zero-order chi connectivity index (χ0) is 20.5. The number of amides is 2. The van der Waals surface area contributed by atoms with Crippen LogP contribution < -0.4 is 0 Å². The summed E-state index contributed by atoms with van der Waals surface area (Å²) in [4.78, 5) is 47.8. The normalized spacial score (nSPS) is 19.6. The smallest absolute Gasteiger partial charge is 0.417 e. The Morgan fingerprint density at radius 3 is 2.54 bits per heavy atom. The van der Waals surface area contributed by atoms with Gasteiger partial charge in [-0.3, -0.25) is 9.59 Å². The Labute approximate surface area is 163 Å². The summed E-state index contributed by atoms with van der Waals surface area (Å²) < 4.78 is 9.89. The number of ether oxygens (including phenoxy) is 2. The summed E-state index contributed by atoms with van der Waals surface area (Å²) in [7, 11) is 1.26. The van der Waals surface area contributed by atoms with Crippen LogP contribution >= 0.6 is 0 Å². The number of methoxy groups -OCH3 is 1. The second-order valence-electron chi connectivity index (χ2n) is 6.31. The van der Waals surface area contributed by atoms with Crippen LogP contribution in [0.3, 0.4) is 0 Å². The first-order chi connectivity index (χ1) is 13.5. The van der Waals surface area contributed by atoms with E-state index in [1.54, 1.807) is 6.92 Å². The van der Waals surface area contributed by atoms with E-state index in [9.17, 15) is 19.2 Å². The maximum absolute atomic E-state index is 12.5. The summed E-state index contributed by atoms with van der Waals surface area (Å²) >= 11 is 0. The molecular weight excluding hydrogens is 362 g/mol. The van der Waals surface area contributed by atoms with Crippen LogP contribution in [-0.2, 0) is 23.9 Å². The molecule has 0 spiro atoms. The van der Waals surface area contributed by atoms with Crippen LogP contribution in [0.2, 0.25) is 0 Å². The maximum Gasteiger partial charge on any atom is 0.417 e. The quantitative estimate of drug-likeness (QED) is 0.296. The summed E-state index contributed by atoms with van der Waals surface area (Å²) in [5, 5.41) is 0. The van der Waals surface area contributed by atoms with Crippen LogP contribution in [-0.4, -0.2) is 42.3 Å². The Hall–Kier alpha value is -3.22. The lowest BCUT2D eigenvalue weighted by atomic mass is 10.0. The van der Waals surface area contributed by atoms with Gasteiger partial charge in [-0.1, -0.05) is 36.4 Å². The largest absolute Gasteiger partial charge is 0.466 e. The molecule has 0 unspecified atom stereocenters. The van der Waals surface area contributed by atoms with Gasteiger partial charge in [-0.2, -0.15) is 0 Å². The van der Waals surface area contributed by atoms with Crippen LogP contribution in [0.25, 0.3) is 0 Å². The average Bonchev–Trinajstić information content (AvgIpc) is 3.00. The van der Waals surface area contributed by atoms with Crippen molar-refractivity contribution in [3.63, 3.8) is 0 Å². The SMILES string of the molecule is COC(=O)/C=C\C(=C/C=O)CCCC(=O)N1C(=O)O[C@@H](c2ccccc2)[C@H]1C. The number of nitrogens with zero attached hydrogens (tertiary/aromatic N) is 1. The van der Waals surface area contributed by atoms with E-state index in [1.807, 2.05) is 30.3 Å². The molecule has 28 heavy (non-hydrogen) atoms. The first-order valence-corrected chi connectivity index (χ1v) is 8.96. The highest BCUT2D eigenvalue weighted by atomic mass is 16.6. The number of imide groups is 1. The monoisotopic (exact) mass is 385 g/mol. The molecule has 1 fully saturated rings. The molecule has 0 bridgehead atoms. The molecule has 7 heteroatoms. The molecule has 1 aliphatic rings. The third-order valence-corrected chi connectivity index (χ3v) is 4.44. The van der Waals surface area contributed by atoms with Crippen molar-refractivity contribution in [3.05, 3.63) is 59.7 Å². The number of allylic oxidation sites excluding steroid dienone is 3. The van der Waals surface area contributed by atoms with Crippen molar-refractivity contribution in [2.75, 3.05) is 7.11 Å². The standard InChI is InChI=1S/C21H23NO6/c1-15-20(17-8-4-3-5-9-17)28-21(26)22(15)18(24)10-6-7-16(13-14-23)11-12-19(25)27-2/h3-5,8-9,11-15,20H,6-7,10H2,1-2H3/b12-11-,16-13-/t15-,20-/m1/s1. The zero-order valence-electron chi connectivity index (χ0n) is 15.9. The number of carbonyl (C=O) groups excluding carboxylic acids is 4. The molecule has 2 rings (SSSR count). The van der Waals surface area contributed by atoms with Crippen molar-refractivity contribution in [3.8, 4) is 0 Å². The Balaban J connectivity index is 1.94. The molecule has 148 valence electrons. The van der Waals surface area contributed by atoms with Gasteiger partial charge in [0.2, 0.25) is 5.91 Å². The van der Waals surface area contributed by atoms with Gasteiger partial charge in [0.15, 0.2) is 0 Å². The number of carbonyl (C=O) groups is 4. The fourth-order valence-electron chi connectivity index (χ4n) is 3.00. The van der Waals surface area contributed by atoms with Gasteiger partial charge in [-0.25, -0.2) is 14.5 Å². The van der Waals surface area contributed by atoms with Crippen molar-refractivity contribution in [1.29, 1.82) is 0 Å². The summed E-state index contributed by atoms with van der Waals surface area (Å²) in [5.74, 6) is -0.869. The molecule has 0 aliphatic carbocycles. The van der Waals surface area contributed by atoms with Gasteiger partial charge in [0.05, 0.1) is 13.2 Å². The number of cyclic esters (lactones) is 1. The molecule has 1 aromatic carbocycles. The van der Waals surface area contributed by atoms with Crippen molar-refractivity contribution in [1.82, 2.24) is 4.90 Å². The van der Waals surface area contributed by atoms with E-state index in [2.05, 4.69) is 4.74 Å². The first-order valence-electron chi connectivity index (χ1n) is 8.96. The van der Waals surface area contributed by atoms with E-state index >= 15 is 0 Å². The minimum atomic E-state index is -0.652. The minimum absolute atomic E-state index is 0.114. The number of aldehydes is 1. The van der Waals surface area contributed by atoms with Gasteiger partial charge in [-0.15, -0.1) is 0 Å². The molecule has 2 amide bonds. The molecule has 1 aliphatic heterocycles. The second-order valence-corrected chi connectivity index (χ2v) is 6.31. The van der Waals surface area contributed by atoms with E-state index in [4.69, 9.17) is 4.74 Å². The highest BCUT2D eigenvalue weighted by Gasteiger charge is 2.42. The molecule has 1 saturated heterocycles. The Kier molecular flexibility index (Phi) is 7.68.